The predicted molar refractivity (Wildman–Crippen MR) is 70.1 cm³/mol. The van der Waals surface area contributed by atoms with E-state index in [1.807, 2.05) is 0 Å². The molecule has 0 aromatic heterocycles. The summed E-state index contributed by atoms with van der Waals surface area (Å²) in [6.45, 7) is 2.90. The zero-order chi connectivity index (χ0) is 15.7. The zero-order valence-electron chi connectivity index (χ0n) is 10.6. The van der Waals surface area contributed by atoms with Gasteiger partial charge in [0.1, 0.15) is 4.90 Å². The van der Waals surface area contributed by atoms with E-state index in [0.717, 1.165) is 12.3 Å². The molecular weight excluding hydrogens is 310 g/mol. The third-order valence-electron chi connectivity index (χ3n) is 2.48. The molecule has 1 aromatic rings. The first-order chi connectivity index (χ1) is 8.96. The Kier molecular flexibility index (Phi) is 4.54. The highest BCUT2D eigenvalue weighted by Gasteiger charge is 2.23. The van der Waals surface area contributed by atoms with E-state index in [1.54, 1.807) is 0 Å². The van der Waals surface area contributed by atoms with Crippen LogP contribution < -0.4 is 0 Å². The van der Waals surface area contributed by atoms with Crippen molar-refractivity contribution in [2.75, 3.05) is 6.54 Å². The monoisotopic (exact) mass is 323 g/mol. The van der Waals surface area contributed by atoms with Gasteiger partial charge in [-0.05, 0) is 31.5 Å². The number of aryl methyl sites for hydroxylation is 1. The lowest BCUT2D eigenvalue weighted by atomic mass is 10.1. The number of hydroxylamine groups is 1. The first-order valence-corrected chi connectivity index (χ1v) is 8.23. The molecule has 0 saturated heterocycles. The van der Waals surface area contributed by atoms with Gasteiger partial charge in [0.2, 0.25) is 0 Å². The third-order valence-corrected chi connectivity index (χ3v) is 4.21. The van der Waals surface area contributed by atoms with Crippen LogP contribution >= 0.6 is 0 Å². The molecule has 20 heavy (non-hydrogen) atoms. The molecule has 1 rings (SSSR count). The van der Waals surface area contributed by atoms with Crippen molar-refractivity contribution in [2.24, 2.45) is 0 Å². The predicted octanol–water partition coefficient (Wildman–Crippen LogP) is 0.438. The Bertz CT molecular complexity index is 763. The Morgan fingerprint density at radius 3 is 2.15 bits per heavy atom. The van der Waals surface area contributed by atoms with Crippen LogP contribution in [0.25, 0.3) is 0 Å². The second-order valence-corrected chi connectivity index (χ2v) is 6.78. The average Bonchev–Trinajstić information content (AvgIpc) is 2.28. The molecule has 0 heterocycles. The summed E-state index contributed by atoms with van der Waals surface area (Å²) in [6.07, 6.45) is 0.923. The van der Waals surface area contributed by atoms with Gasteiger partial charge in [-0.2, -0.15) is 16.8 Å². The van der Waals surface area contributed by atoms with Crippen LogP contribution in [0.5, 0.6) is 0 Å². The van der Waals surface area contributed by atoms with Gasteiger partial charge in [-0.3, -0.25) is 9.11 Å². The van der Waals surface area contributed by atoms with Gasteiger partial charge in [0.15, 0.2) is 12.8 Å². The van der Waals surface area contributed by atoms with Gasteiger partial charge in [-0.15, -0.1) is 0 Å². The molecule has 0 fully saturated rings. The van der Waals surface area contributed by atoms with E-state index in [2.05, 4.69) is 0 Å². The zero-order valence-corrected chi connectivity index (χ0v) is 12.3. The van der Waals surface area contributed by atoms with E-state index in [1.165, 1.54) is 13.8 Å². The van der Waals surface area contributed by atoms with Crippen LogP contribution in [0.2, 0.25) is 0 Å². The van der Waals surface area contributed by atoms with Crippen molar-refractivity contribution in [1.29, 1.82) is 0 Å². The summed E-state index contributed by atoms with van der Waals surface area (Å²) in [7, 11) is -9.41. The second kappa shape index (κ2) is 5.48. The first kappa shape index (κ1) is 16.6. The smallest absolute Gasteiger partial charge is 0.295 e. The number of hydrogen-bond acceptors (Lipinski definition) is 5. The molecule has 0 radical (unpaired) electrons. The van der Waals surface area contributed by atoms with Gasteiger partial charge in [0, 0.05) is 0 Å². The minimum atomic E-state index is -4.76. The summed E-state index contributed by atoms with van der Waals surface area (Å²) in [5, 5.41) is 11.3. The second-order valence-electron chi connectivity index (χ2n) is 3.96. The molecular formula is C10H13NO7S2. The lowest BCUT2D eigenvalue weighted by Crippen LogP contribution is -2.12. The molecule has 0 amide bonds. The molecule has 0 spiro atoms. The largest absolute Gasteiger partial charge is 0.624 e. The highest BCUT2D eigenvalue weighted by molar-refractivity contribution is 7.86. The number of rotatable bonds is 4. The van der Waals surface area contributed by atoms with Gasteiger partial charge in [0.25, 0.3) is 20.2 Å². The standard InChI is InChI=1S/C10H13NO7S2/c1-3-11(12)6-9-7(2)4-8(19(13,14)15)5-10(9)20(16,17)18/h4-6H,3H2,1-2H3,(H,13,14,15)(H,16,17,18). The van der Waals surface area contributed by atoms with Crippen molar-refractivity contribution in [3.8, 4) is 0 Å². The minimum absolute atomic E-state index is 0.0321. The maximum Gasteiger partial charge on any atom is 0.295 e. The molecule has 0 bridgehead atoms. The van der Waals surface area contributed by atoms with Gasteiger partial charge >= 0.3 is 0 Å². The van der Waals surface area contributed by atoms with Crippen molar-refractivity contribution in [2.45, 2.75) is 23.6 Å². The van der Waals surface area contributed by atoms with E-state index < -0.39 is 30.0 Å². The normalized spacial score (nSPS) is 13.5. The number of benzene rings is 1. The van der Waals surface area contributed by atoms with Crippen LogP contribution in [-0.2, 0) is 20.2 Å². The van der Waals surface area contributed by atoms with Gasteiger partial charge in [0.05, 0.1) is 10.5 Å². The molecule has 10 heteroatoms. The Balaban J connectivity index is 3.79. The summed E-state index contributed by atoms with van der Waals surface area (Å²) in [5.74, 6) is 0. The molecule has 0 aliphatic heterocycles. The number of nitrogens with zero attached hydrogens (tertiary/aromatic N) is 1. The van der Waals surface area contributed by atoms with Crippen LogP contribution in [-0.4, -0.2) is 43.4 Å². The summed E-state index contributed by atoms with van der Waals surface area (Å²) in [4.78, 5) is -1.45. The fourth-order valence-corrected chi connectivity index (χ4v) is 2.93. The number of hydrogen-bond donors (Lipinski definition) is 2. The topological polar surface area (TPSA) is 135 Å². The fourth-order valence-electron chi connectivity index (χ4n) is 1.50. The third kappa shape index (κ3) is 3.76. The highest BCUT2D eigenvalue weighted by Crippen LogP contribution is 2.23. The van der Waals surface area contributed by atoms with Crippen molar-refractivity contribution in [1.82, 2.24) is 0 Å². The lowest BCUT2D eigenvalue weighted by molar-refractivity contribution is -0.447. The minimum Gasteiger partial charge on any atom is -0.624 e. The van der Waals surface area contributed by atoms with E-state index >= 15 is 0 Å². The summed E-state index contributed by atoms with van der Waals surface area (Å²) in [6, 6.07) is 1.59. The fraction of sp³-hybridized carbons (Fsp3) is 0.300. The van der Waals surface area contributed by atoms with Crippen LogP contribution in [0.1, 0.15) is 18.1 Å². The van der Waals surface area contributed by atoms with Crippen LogP contribution in [0.3, 0.4) is 0 Å². The van der Waals surface area contributed by atoms with Gasteiger partial charge < -0.3 is 5.21 Å². The molecule has 8 nitrogen and oxygen atoms in total. The van der Waals surface area contributed by atoms with E-state index in [0.29, 0.717) is 10.8 Å². The Morgan fingerprint density at radius 1 is 1.20 bits per heavy atom. The maximum absolute atomic E-state index is 11.3. The molecule has 1 aromatic carbocycles. The van der Waals surface area contributed by atoms with Crippen LogP contribution in [0.15, 0.2) is 21.9 Å². The quantitative estimate of drug-likeness (QED) is 0.270. The summed E-state index contributed by atoms with van der Waals surface area (Å²) in [5.41, 5.74) is -0.0428. The van der Waals surface area contributed by atoms with Gasteiger partial charge in [-0.25, -0.2) is 4.74 Å². The molecule has 0 unspecified atom stereocenters. The van der Waals surface area contributed by atoms with Crippen LogP contribution in [0.4, 0.5) is 0 Å². The average molecular weight is 323 g/mol. The maximum atomic E-state index is 11.3. The first-order valence-electron chi connectivity index (χ1n) is 5.35. The van der Waals surface area contributed by atoms with E-state index in [4.69, 9.17) is 9.11 Å². The van der Waals surface area contributed by atoms with E-state index in [9.17, 15) is 22.0 Å². The van der Waals surface area contributed by atoms with Crippen molar-refractivity contribution < 1.29 is 30.7 Å². The van der Waals surface area contributed by atoms with Crippen molar-refractivity contribution in [3.05, 3.63) is 28.5 Å². The van der Waals surface area contributed by atoms with Crippen LogP contribution in [0, 0.1) is 12.1 Å². The SMILES string of the molecule is CC[N+]([O-])=Cc1c(C)cc(S(=O)(=O)O)cc1S(=O)(=O)O. The summed E-state index contributed by atoms with van der Waals surface area (Å²) < 4.78 is 63.2. The Labute approximate surface area is 116 Å². The van der Waals surface area contributed by atoms with Gasteiger partial charge in [-0.1, -0.05) is 0 Å². The molecule has 2 N–H and O–H groups in total. The lowest BCUT2D eigenvalue weighted by Gasteiger charge is -2.09. The Morgan fingerprint density at radius 2 is 1.75 bits per heavy atom. The van der Waals surface area contributed by atoms with Crippen molar-refractivity contribution >= 4 is 26.5 Å². The van der Waals surface area contributed by atoms with Crippen molar-refractivity contribution in [3.63, 3.8) is 0 Å². The molecule has 112 valence electrons. The highest BCUT2D eigenvalue weighted by atomic mass is 32.2. The molecule has 0 aliphatic rings. The van der Waals surface area contributed by atoms with E-state index in [-0.39, 0.29) is 17.7 Å². The Hall–Kier alpha value is -1.49. The summed E-state index contributed by atoms with van der Waals surface area (Å²) >= 11 is 0. The molecule has 0 aliphatic carbocycles. The molecule has 0 atom stereocenters. The molecule has 0 saturated carbocycles.